The van der Waals surface area contributed by atoms with Crippen molar-refractivity contribution in [1.29, 1.82) is 0 Å². The normalized spacial score (nSPS) is 32.5. The minimum atomic E-state index is -0.696. The van der Waals surface area contributed by atoms with Gasteiger partial charge in [0.15, 0.2) is 0 Å². The Hall–Kier alpha value is -0.600. The lowest BCUT2D eigenvalue weighted by Crippen LogP contribution is -2.39. The summed E-state index contributed by atoms with van der Waals surface area (Å²) in [6.07, 6.45) is 3.27. The average molecular weight is 271 g/mol. The second-order valence-electron chi connectivity index (χ2n) is 5.99. The minimum absolute atomic E-state index is 0.332. The fourth-order valence-electron chi connectivity index (χ4n) is 3.40. The van der Waals surface area contributed by atoms with Crippen LogP contribution in [0.4, 0.5) is 4.39 Å². The van der Waals surface area contributed by atoms with Crippen molar-refractivity contribution in [3.05, 3.63) is 34.6 Å². The van der Waals surface area contributed by atoms with Gasteiger partial charge in [-0.25, -0.2) is 4.39 Å². The summed E-state index contributed by atoms with van der Waals surface area (Å²) >= 11 is 6.03. The number of halogens is 2. The van der Waals surface area contributed by atoms with E-state index in [0.717, 1.165) is 18.4 Å². The van der Waals surface area contributed by atoms with Gasteiger partial charge >= 0.3 is 0 Å². The molecule has 0 spiro atoms. The average Bonchev–Trinajstić information content (AvgIpc) is 2.20. The molecule has 2 atom stereocenters. The molecule has 0 aliphatic heterocycles. The second-order valence-corrected chi connectivity index (χ2v) is 6.40. The quantitative estimate of drug-likeness (QED) is 0.854. The van der Waals surface area contributed by atoms with Gasteiger partial charge in [0, 0.05) is 11.4 Å². The van der Waals surface area contributed by atoms with Gasteiger partial charge in [0.2, 0.25) is 0 Å². The first kappa shape index (κ1) is 13.8. The number of rotatable bonds is 2. The van der Waals surface area contributed by atoms with Crippen LogP contribution >= 0.6 is 11.6 Å². The Bertz CT molecular complexity index is 423. The zero-order valence-corrected chi connectivity index (χ0v) is 11.7. The van der Waals surface area contributed by atoms with Crippen LogP contribution in [0.25, 0.3) is 0 Å². The molecule has 1 fully saturated rings. The summed E-state index contributed by atoms with van der Waals surface area (Å²) in [5, 5.41) is 11.1. The Morgan fingerprint density at radius 1 is 1.33 bits per heavy atom. The molecule has 0 aromatic heterocycles. The topological polar surface area (TPSA) is 20.2 Å². The Kier molecular flexibility index (Phi) is 3.98. The molecule has 0 amide bonds. The summed E-state index contributed by atoms with van der Waals surface area (Å²) in [6, 6.07) is 4.40. The highest BCUT2D eigenvalue weighted by molar-refractivity contribution is 6.31. The van der Waals surface area contributed by atoms with Gasteiger partial charge in [-0.1, -0.05) is 31.5 Å². The fourth-order valence-corrected chi connectivity index (χ4v) is 3.63. The smallest absolute Gasteiger partial charge is 0.124 e. The van der Waals surface area contributed by atoms with Gasteiger partial charge in [-0.15, -0.1) is 0 Å². The zero-order valence-electron chi connectivity index (χ0n) is 10.9. The van der Waals surface area contributed by atoms with Crippen LogP contribution in [0, 0.1) is 17.7 Å². The highest BCUT2D eigenvalue weighted by atomic mass is 35.5. The molecule has 0 bridgehead atoms. The first-order valence-corrected chi connectivity index (χ1v) is 6.92. The summed E-state index contributed by atoms with van der Waals surface area (Å²) in [6.45, 7) is 4.35. The van der Waals surface area contributed by atoms with Crippen LogP contribution in [-0.2, 0) is 6.42 Å². The highest BCUT2D eigenvalue weighted by Crippen LogP contribution is 2.38. The fraction of sp³-hybridized carbons (Fsp3) is 0.600. The van der Waals surface area contributed by atoms with Crippen molar-refractivity contribution in [2.75, 3.05) is 0 Å². The van der Waals surface area contributed by atoms with E-state index in [2.05, 4.69) is 13.8 Å². The lowest BCUT2D eigenvalue weighted by molar-refractivity contribution is -0.0304. The SMILES string of the molecule is CC1CC(C)CC(O)(Cc2ccc(F)cc2Cl)C1. The maximum atomic E-state index is 13.0. The standard InChI is InChI=1S/C15H20ClFO/c1-10-5-11(2)8-15(18,7-10)9-12-3-4-13(17)6-14(12)16/h3-4,6,10-11,18H,5,7-9H2,1-2H3. The van der Waals surface area contributed by atoms with Crippen molar-refractivity contribution >= 4 is 11.6 Å². The summed E-state index contributed by atoms with van der Waals surface area (Å²) < 4.78 is 13.0. The van der Waals surface area contributed by atoms with Crippen LogP contribution in [0.1, 0.15) is 38.7 Å². The van der Waals surface area contributed by atoms with Crippen LogP contribution < -0.4 is 0 Å². The van der Waals surface area contributed by atoms with E-state index in [1.54, 1.807) is 6.07 Å². The molecular weight excluding hydrogens is 251 g/mol. The predicted molar refractivity (Wildman–Crippen MR) is 72.2 cm³/mol. The third-order valence-corrected chi connectivity index (χ3v) is 4.15. The lowest BCUT2D eigenvalue weighted by atomic mass is 9.71. The Morgan fingerprint density at radius 2 is 1.94 bits per heavy atom. The molecule has 100 valence electrons. The van der Waals surface area contributed by atoms with Crippen molar-refractivity contribution in [1.82, 2.24) is 0 Å². The molecule has 1 N–H and O–H groups in total. The van der Waals surface area contributed by atoms with E-state index in [0.29, 0.717) is 23.3 Å². The van der Waals surface area contributed by atoms with Crippen molar-refractivity contribution in [2.24, 2.45) is 11.8 Å². The van der Waals surface area contributed by atoms with E-state index in [-0.39, 0.29) is 5.82 Å². The minimum Gasteiger partial charge on any atom is -0.390 e. The molecule has 1 aromatic rings. The monoisotopic (exact) mass is 270 g/mol. The molecule has 1 aliphatic carbocycles. The number of hydrogen-bond acceptors (Lipinski definition) is 1. The largest absolute Gasteiger partial charge is 0.390 e. The molecule has 0 saturated heterocycles. The summed E-state index contributed by atoms with van der Waals surface area (Å²) in [5.74, 6) is 0.720. The molecule has 18 heavy (non-hydrogen) atoms. The van der Waals surface area contributed by atoms with Crippen LogP contribution in [0.3, 0.4) is 0 Å². The van der Waals surface area contributed by atoms with Gasteiger partial charge in [0.25, 0.3) is 0 Å². The molecule has 2 rings (SSSR count). The van der Waals surface area contributed by atoms with E-state index in [4.69, 9.17) is 11.6 Å². The second kappa shape index (κ2) is 5.18. The number of aliphatic hydroxyl groups is 1. The van der Waals surface area contributed by atoms with E-state index in [9.17, 15) is 9.50 Å². The summed E-state index contributed by atoms with van der Waals surface area (Å²) in [5.41, 5.74) is 0.139. The van der Waals surface area contributed by atoms with Crippen LogP contribution in [0.2, 0.25) is 5.02 Å². The summed E-state index contributed by atoms with van der Waals surface area (Å²) in [7, 11) is 0. The van der Waals surface area contributed by atoms with Crippen molar-refractivity contribution in [3.8, 4) is 0 Å². The third-order valence-electron chi connectivity index (χ3n) is 3.80. The molecule has 0 heterocycles. The van der Waals surface area contributed by atoms with Crippen molar-refractivity contribution < 1.29 is 9.50 Å². The maximum absolute atomic E-state index is 13.0. The maximum Gasteiger partial charge on any atom is 0.124 e. The van der Waals surface area contributed by atoms with Crippen molar-refractivity contribution in [2.45, 2.75) is 45.1 Å². The first-order valence-electron chi connectivity index (χ1n) is 6.54. The molecule has 0 radical (unpaired) electrons. The molecule has 1 aliphatic rings. The van der Waals surface area contributed by atoms with Crippen molar-refractivity contribution in [3.63, 3.8) is 0 Å². The molecule has 1 saturated carbocycles. The Morgan fingerprint density at radius 3 is 2.50 bits per heavy atom. The van der Waals surface area contributed by atoms with Crippen LogP contribution in [0.5, 0.6) is 0 Å². The van der Waals surface area contributed by atoms with Crippen LogP contribution in [0.15, 0.2) is 18.2 Å². The van der Waals surface area contributed by atoms with E-state index < -0.39 is 5.60 Å². The lowest BCUT2D eigenvalue weighted by Gasteiger charge is -2.39. The van der Waals surface area contributed by atoms with Gasteiger partial charge < -0.3 is 5.11 Å². The number of benzene rings is 1. The summed E-state index contributed by atoms with van der Waals surface area (Å²) in [4.78, 5) is 0. The van der Waals surface area contributed by atoms with Gasteiger partial charge in [0.1, 0.15) is 5.82 Å². The Labute approximate surface area is 113 Å². The Balaban J connectivity index is 2.16. The van der Waals surface area contributed by atoms with E-state index in [1.807, 2.05) is 0 Å². The van der Waals surface area contributed by atoms with E-state index >= 15 is 0 Å². The van der Waals surface area contributed by atoms with Crippen LogP contribution in [-0.4, -0.2) is 10.7 Å². The van der Waals surface area contributed by atoms with Gasteiger partial charge in [-0.3, -0.25) is 0 Å². The highest BCUT2D eigenvalue weighted by Gasteiger charge is 2.36. The number of hydrogen-bond donors (Lipinski definition) is 1. The molecule has 1 nitrogen and oxygen atoms in total. The third kappa shape index (κ3) is 3.24. The predicted octanol–water partition coefficient (Wildman–Crippen LogP) is 4.21. The van der Waals surface area contributed by atoms with Gasteiger partial charge in [0.05, 0.1) is 5.60 Å². The molecular formula is C15H20ClFO. The van der Waals surface area contributed by atoms with Gasteiger partial charge in [-0.2, -0.15) is 0 Å². The first-order chi connectivity index (χ1) is 8.38. The zero-order chi connectivity index (χ0) is 13.3. The molecule has 2 unspecified atom stereocenters. The molecule has 3 heteroatoms. The molecule has 1 aromatic carbocycles. The van der Waals surface area contributed by atoms with E-state index in [1.165, 1.54) is 18.6 Å². The van der Waals surface area contributed by atoms with Gasteiger partial charge in [-0.05, 0) is 48.8 Å².